The zero-order chi connectivity index (χ0) is 11.7. The molecule has 1 aromatic carbocycles. The minimum atomic E-state index is -0.868. The van der Waals surface area contributed by atoms with Crippen LogP contribution in [0.15, 0.2) is 18.2 Å². The maximum atomic E-state index is 11.4. The van der Waals surface area contributed by atoms with Crippen molar-refractivity contribution in [2.24, 2.45) is 0 Å². The topological polar surface area (TPSA) is 66.4 Å². The molecule has 1 amide bonds. The molecule has 0 fully saturated rings. The summed E-state index contributed by atoms with van der Waals surface area (Å²) < 4.78 is 0. The molecule has 1 aromatic rings. The first kappa shape index (κ1) is 10.7. The van der Waals surface area contributed by atoms with Gasteiger partial charge in [0, 0.05) is 18.0 Å². The van der Waals surface area contributed by atoms with E-state index in [1.165, 1.54) is 0 Å². The molecule has 0 spiro atoms. The number of rotatable bonds is 2. The van der Waals surface area contributed by atoms with Crippen LogP contribution in [0.4, 0.5) is 5.69 Å². The predicted molar refractivity (Wildman–Crippen MR) is 59.4 cm³/mol. The number of amides is 1. The average molecular weight is 219 g/mol. The number of carbonyl (C=O) groups excluding carboxylic acids is 1. The van der Waals surface area contributed by atoms with E-state index in [-0.39, 0.29) is 24.7 Å². The number of benzene rings is 1. The molecule has 2 rings (SSSR count). The maximum Gasteiger partial charge on any atom is 0.303 e. The van der Waals surface area contributed by atoms with Crippen molar-refractivity contribution in [2.45, 2.75) is 25.7 Å². The first-order valence-electron chi connectivity index (χ1n) is 5.18. The average Bonchev–Trinajstić information content (AvgIpc) is 2.18. The van der Waals surface area contributed by atoms with Gasteiger partial charge in [-0.15, -0.1) is 0 Å². The Morgan fingerprint density at radius 1 is 1.56 bits per heavy atom. The van der Waals surface area contributed by atoms with E-state index in [9.17, 15) is 9.59 Å². The standard InChI is InChI=1S/C12H13NO3/c1-7-2-3-10-9(4-7)8(6-12(15)16)5-11(14)13-10/h2-4,8H,5-6H2,1H3,(H,13,14)(H,15,16). The van der Waals surface area contributed by atoms with E-state index in [2.05, 4.69) is 5.32 Å². The Morgan fingerprint density at radius 2 is 2.31 bits per heavy atom. The van der Waals surface area contributed by atoms with Crippen LogP contribution < -0.4 is 5.32 Å². The number of hydrogen-bond donors (Lipinski definition) is 2. The number of carboxylic acid groups (broad SMARTS) is 1. The summed E-state index contributed by atoms with van der Waals surface area (Å²) >= 11 is 0. The van der Waals surface area contributed by atoms with Crippen molar-refractivity contribution in [2.75, 3.05) is 5.32 Å². The van der Waals surface area contributed by atoms with Crippen molar-refractivity contribution in [3.8, 4) is 0 Å². The Bertz CT molecular complexity index is 454. The van der Waals surface area contributed by atoms with Crippen molar-refractivity contribution in [3.63, 3.8) is 0 Å². The van der Waals surface area contributed by atoms with Crippen LogP contribution in [-0.4, -0.2) is 17.0 Å². The molecule has 0 aromatic heterocycles. The van der Waals surface area contributed by atoms with Gasteiger partial charge in [0.25, 0.3) is 0 Å². The van der Waals surface area contributed by atoms with Crippen LogP contribution in [0.5, 0.6) is 0 Å². The van der Waals surface area contributed by atoms with E-state index in [0.29, 0.717) is 0 Å². The fraction of sp³-hybridized carbons (Fsp3) is 0.333. The van der Waals surface area contributed by atoms with Crippen molar-refractivity contribution >= 4 is 17.6 Å². The molecule has 1 aliphatic heterocycles. The highest BCUT2D eigenvalue weighted by atomic mass is 16.4. The minimum Gasteiger partial charge on any atom is -0.481 e. The summed E-state index contributed by atoms with van der Waals surface area (Å²) in [5.41, 5.74) is 2.75. The maximum absolute atomic E-state index is 11.4. The molecule has 1 heterocycles. The zero-order valence-electron chi connectivity index (χ0n) is 8.99. The number of nitrogens with one attached hydrogen (secondary N) is 1. The van der Waals surface area contributed by atoms with Gasteiger partial charge in [-0.2, -0.15) is 0 Å². The molecule has 1 aliphatic rings. The normalized spacial score (nSPS) is 18.8. The summed E-state index contributed by atoms with van der Waals surface area (Å²) in [7, 11) is 0. The molecule has 4 nitrogen and oxygen atoms in total. The Labute approximate surface area is 93.3 Å². The third-order valence-corrected chi connectivity index (χ3v) is 2.77. The van der Waals surface area contributed by atoms with Crippen LogP contribution in [0.25, 0.3) is 0 Å². The molecule has 0 saturated carbocycles. The SMILES string of the molecule is Cc1ccc2c(c1)C(CC(=O)O)CC(=O)N2. The molecule has 0 bridgehead atoms. The fourth-order valence-corrected chi connectivity index (χ4v) is 2.06. The lowest BCUT2D eigenvalue weighted by Gasteiger charge is -2.24. The quantitative estimate of drug-likeness (QED) is 0.798. The van der Waals surface area contributed by atoms with Gasteiger partial charge >= 0.3 is 5.97 Å². The molecule has 4 heteroatoms. The van der Waals surface area contributed by atoms with Crippen LogP contribution in [0.2, 0.25) is 0 Å². The molecule has 1 atom stereocenters. The van der Waals surface area contributed by atoms with Crippen LogP contribution in [0, 0.1) is 6.92 Å². The Morgan fingerprint density at radius 3 is 3.00 bits per heavy atom. The molecule has 16 heavy (non-hydrogen) atoms. The van der Waals surface area contributed by atoms with Gasteiger partial charge < -0.3 is 10.4 Å². The molecule has 0 aliphatic carbocycles. The lowest BCUT2D eigenvalue weighted by molar-refractivity contribution is -0.137. The summed E-state index contributed by atoms with van der Waals surface area (Å²) in [6, 6.07) is 5.68. The van der Waals surface area contributed by atoms with Gasteiger partial charge in [0.05, 0.1) is 6.42 Å². The summed E-state index contributed by atoms with van der Waals surface area (Å²) in [5.74, 6) is -1.18. The predicted octanol–water partition coefficient (Wildman–Crippen LogP) is 1.90. The van der Waals surface area contributed by atoms with Gasteiger partial charge in [0.1, 0.15) is 0 Å². The fourth-order valence-electron chi connectivity index (χ4n) is 2.06. The molecule has 0 saturated heterocycles. The molecular weight excluding hydrogens is 206 g/mol. The number of aryl methyl sites for hydroxylation is 1. The third-order valence-electron chi connectivity index (χ3n) is 2.77. The zero-order valence-corrected chi connectivity index (χ0v) is 8.99. The number of carboxylic acids is 1. The van der Waals surface area contributed by atoms with E-state index in [0.717, 1.165) is 16.8 Å². The molecule has 1 unspecified atom stereocenters. The number of carbonyl (C=O) groups is 2. The van der Waals surface area contributed by atoms with Crippen molar-refractivity contribution < 1.29 is 14.7 Å². The highest BCUT2D eigenvalue weighted by molar-refractivity contribution is 5.95. The summed E-state index contributed by atoms with van der Waals surface area (Å²) in [6.07, 6.45) is 0.257. The van der Waals surface area contributed by atoms with Gasteiger partial charge in [0.2, 0.25) is 5.91 Å². The van der Waals surface area contributed by atoms with Crippen LogP contribution in [-0.2, 0) is 9.59 Å². The summed E-state index contributed by atoms with van der Waals surface area (Å²) in [5, 5.41) is 11.6. The van der Waals surface area contributed by atoms with Crippen molar-refractivity contribution in [1.82, 2.24) is 0 Å². The second-order valence-electron chi connectivity index (χ2n) is 4.14. The highest BCUT2D eigenvalue weighted by Gasteiger charge is 2.26. The monoisotopic (exact) mass is 219 g/mol. The van der Waals surface area contributed by atoms with E-state index in [4.69, 9.17) is 5.11 Å². The number of anilines is 1. The van der Waals surface area contributed by atoms with Gasteiger partial charge in [-0.1, -0.05) is 17.7 Å². The second-order valence-corrected chi connectivity index (χ2v) is 4.14. The lowest BCUT2D eigenvalue weighted by Crippen LogP contribution is -2.24. The van der Waals surface area contributed by atoms with E-state index in [1.807, 2.05) is 25.1 Å². The van der Waals surface area contributed by atoms with Gasteiger partial charge in [-0.05, 0) is 18.6 Å². The summed E-state index contributed by atoms with van der Waals surface area (Å²) in [6.45, 7) is 1.95. The van der Waals surface area contributed by atoms with Gasteiger partial charge in [-0.25, -0.2) is 0 Å². The minimum absolute atomic E-state index is 0.00384. The van der Waals surface area contributed by atoms with Crippen LogP contribution in [0.3, 0.4) is 0 Å². The summed E-state index contributed by atoms with van der Waals surface area (Å²) in [4.78, 5) is 22.1. The largest absolute Gasteiger partial charge is 0.481 e. The molecule has 0 radical (unpaired) electrons. The Hall–Kier alpha value is -1.84. The van der Waals surface area contributed by atoms with E-state index in [1.54, 1.807) is 0 Å². The molecular formula is C12H13NO3. The van der Waals surface area contributed by atoms with Crippen molar-refractivity contribution in [1.29, 1.82) is 0 Å². The van der Waals surface area contributed by atoms with E-state index >= 15 is 0 Å². The first-order valence-corrected chi connectivity index (χ1v) is 5.18. The Balaban J connectivity index is 2.39. The first-order chi connectivity index (χ1) is 7.56. The highest BCUT2D eigenvalue weighted by Crippen LogP contribution is 2.34. The van der Waals surface area contributed by atoms with Crippen molar-refractivity contribution in [3.05, 3.63) is 29.3 Å². The van der Waals surface area contributed by atoms with E-state index < -0.39 is 5.97 Å². The van der Waals surface area contributed by atoms with Crippen LogP contribution in [0.1, 0.15) is 29.9 Å². The Kier molecular flexibility index (Phi) is 2.64. The smallest absolute Gasteiger partial charge is 0.303 e. The number of hydrogen-bond acceptors (Lipinski definition) is 2. The number of fused-ring (bicyclic) bond motifs is 1. The van der Waals surface area contributed by atoms with Gasteiger partial charge in [-0.3, -0.25) is 9.59 Å². The van der Waals surface area contributed by atoms with Crippen LogP contribution >= 0.6 is 0 Å². The lowest BCUT2D eigenvalue weighted by atomic mass is 9.87. The second kappa shape index (κ2) is 3.96. The third kappa shape index (κ3) is 2.05. The molecule has 84 valence electrons. The molecule has 2 N–H and O–H groups in total. The number of aliphatic carboxylic acids is 1. The van der Waals surface area contributed by atoms with Gasteiger partial charge in [0.15, 0.2) is 0 Å².